The molecule has 3 nitrogen and oxygen atoms in total. The van der Waals surface area contributed by atoms with E-state index in [0.29, 0.717) is 5.92 Å². The van der Waals surface area contributed by atoms with E-state index in [1.54, 1.807) is 0 Å². The van der Waals surface area contributed by atoms with E-state index in [2.05, 4.69) is 37.5 Å². The van der Waals surface area contributed by atoms with Crippen molar-refractivity contribution < 1.29 is 0 Å². The molecular formula is C12H25N3. The maximum absolute atomic E-state index is 7.95. The van der Waals surface area contributed by atoms with Crippen LogP contribution in [0.3, 0.4) is 0 Å². The van der Waals surface area contributed by atoms with E-state index in [-0.39, 0.29) is 0 Å². The van der Waals surface area contributed by atoms with Gasteiger partial charge >= 0.3 is 0 Å². The Morgan fingerprint density at radius 1 is 1.07 bits per heavy atom. The highest BCUT2D eigenvalue weighted by Gasteiger charge is 2.20. The lowest BCUT2D eigenvalue weighted by Gasteiger charge is -2.37. The van der Waals surface area contributed by atoms with Crippen molar-refractivity contribution >= 4 is 5.84 Å². The van der Waals surface area contributed by atoms with E-state index >= 15 is 0 Å². The van der Waals surface area contributed by atoms with Gasteiger partial charge in [0.15, 0.2) is 0 Å². The van der Waals surface area contributed by atoms with E-state index in [1.165, 1.54) is 6.54 Å². The molecule has 0 aliphatic carbocycles. The molecule has 1 saturated heterocycles. The molecule has 0 bridgehead atoms. The maximum atomic E-state index is 7.95. The summed E-state index contributed by atoms with van der Waals surface area (Å²) in [5.74, 6) is 1.92. The van der Waals surface area contributed by atoms with Crippen LogP contribution < -0.4 is 0 Å². The van der Waals surface area contributed by atoms with Gasteiger partial charge in [-0.05, 0) is 5.92 Å². The van der Waals surface area contributed by atoms with Crippen LogP contribution >= 0.6 is 0 Å². The van der Waals surface area contributed by atoms with Gasteiger partial charge in [0, 0.05) is 38.6 Å². The van der Waals surface area contributed by atoms with Gasteiger partial charge in [0.2, 0.25) is 0 Å². The topological polar surface area (TPSA) is 30.3 Å². The van der Waals surface area contributed by atoms with Crippen LogP contribution in [-0.2, 0) is 0 Å². The van der Waals surface area contributed by atoms with Gasteiger partial charge in [-0.2, -0.15) is 0 Å². The molecule has 1 aliphatic rings. The number of hydrogen-bond donors (Lipinski definition) is 1. The van der Waals surface area contributed by atoms with Crippen molar-refractivity contribution in [3.8, 4) is 0 Å². The van der Waals surface area contributed by atoms with E-state index in [0.717, 1.165) is 37.9 Å². The Bertz CT molecular complexity index is 203. The lowest BCUT2D eigenvalue weighted by Crippen LogP contribution is -2.50. The second-order valence-electron chi connectivity index (χ2n) is 5.22. The number of rotatable bonds is 3. The molecule has 3 heteroatoms. The highest BCUT2D eigenvalue weighted by molar-refractivity contribution is 5.81. The van der Waals surface area contributed by atoms with Crippen LogP contribution in [0.5, 0.6) is 0 Å². The average Bonchev–Trinajstić information content (AvgIpc) is 2.17. The minimum atomic E-state index is 0.363. The molecule has 1 aliphatic heterocycles. The van der Waals surface area contributed by atoms with Gasteiger partial charge in [-0.25, -0.2) is 0 Å². The number of nitrogens with zero attached hydrogens (tertiary/aromatic N) is 2. The van der Waals surface area contributed by atoms with Crippen molar-refractivity contribution in [2.24, 2.45) is 11.8 Å². The second-order valence-corrected chi connectivity index (χ2v) is 5.22. The molecule has 15 heavy (non-hydrogen) atoms. The fraction of sp³-hybridized carbons (Fsp3) is 0.917. The molecule has 0 aromatic carbocycles. The van der Waals surface area contributed by atoms with Gasteiger partial charge in [0.05, 0.1) is 5.84 Å². The normalized spacial score (nSPS) is 18.9. The van der Waals surface area contributed by atoms with Crippen LogP contribution in [0.15, 0.2) is 0 Å². The lowest BCUT2D eigenvalue weighted by molar-refractivity contribution is 0.163. The SMILES string of the molecule is CC(C)CN1CCN(C(=N)C(C)C)CC1. The van der Waals surface area contributed by atoms with Crippen LogP contribution in [-0.4, -0.2) is 48.4 Å². The Kier molecular flexibility index (Phi) is 4.58. The monoisotopic (exact) mass is 211 g/mol. The number of piperazine rings is 1. The van der Waals surface area contributed by atoms with Crippen LogP contribution in [0.25, 0.3) is 0 Å². The van der Waals surface area contributed by atoms with E-state index in [1.807, 2.05) is 0 Å². The summed E-state index contributed by atoms with van der Waals surface area (Å²) in [6, 6.07) is 0. The standard InChI is InChI=1S/C12H25N3/c1-10(2)9-14-5-7-15(8-6-14)12(13)11(3)4/h10-11,13H,5-9H2,1-4H3. The maximum Gasteiger partial charge on any atom is 0.0984 e. The van der Waals surface area contributed by atoms with Crippen molar-refractivity contribution in [2.75, 3.05) is 32.7 Å². The first kappa shape index (κ1) is 12.5. The van der Waals surface area contributed by atoms with Crippen LogP contribution in [0.1, 0.15) is 27.7 Å². The van der Waals surface area contributed by atoms with Crippen LogP contribution in [0.4, 0.5) is 0 Å². The van der Waals surface area contributed by atoms with Gasteiger partial charge in [0.1, 0.15) is 0 Å². The zero-order valence-electron chi connectivity index (χ0n) is 10.6. The van der Waals surface area contributed by atoms with Gasteiger partial charge in [-0.3, -0.25) is 10.3 Å². The number of amidine groups is 1. The summed E-state index contributed by atoms with van der Waals surface area (Å²) in [6.07, 6.45) is 0. The van der Waals surface area contributed by atoms with Crippen molar-refractivity contribution in [3.05, 3.63) is 0 Å². The van der Waals surface area contributed by atoms with E-state index in [9.17, 15) is 0 Å². The van der Waals surface area contributed by atoms with Crippen molar-refractivity contribution in [2.45, 2.75) is 27.7 Å². The van der Waals surface area contributed by atoms with Gasteiger partial charge in [-0.15, -0.1) is 0 Å². The third-order valence-corrected chi connectivity index (χ3v) is 2.88. The third-order valence-electron chi connectivity index (χ3n) is 2.88. The summed E-state index contributed by atoms with van der Waals surface area (Å²) in [7, 11) is 0. The van der Waals surface area contributed by atoms with Gasteiger partial charge in [0.25, 0.3) is 0 Å². The molecule has 1 N–H and O–H groups in total. The number of hydrogen-bond acceptors (Lipinski definition) is 2. The molecule has 0 aromatic rings. The molecule has 0 amide bonds. The molecule has 0 unspecified atom stereocenters. The smallest absolute Gasteiger partial charge is 0.0984 e. The zero-order chi connectivity index (χ0) is 11.4. The molecule has 88 valence electrons. The van der Waals surface area contributed by atoms with Gasteiger partial charge in [-0.1, -0.05) is 27.7 Å². The first-order valence-corrected chi connectivity index (χ1v) is 6.06. The first-order chi connectivity index (χ1) is 7.00. The zero-order valence-corrected chi connectivity index (χ0v) is 10.6. The molecule has 1 fully saturated rings. The predicted octanol–water partition coefficient (Wildman–Crippen LogP) is 1.89. The summed E-state index contributed by atoms with van der Waals surface area (Å²) < 4.78 is 0. The molecule has 0 radical (unpaired) electrons. The van der Waals surface area contributed by atoms with Crippen LogP contribution in [0, 0.1) is 17.2 Å². The molecule has 0 atom stereocenters. The van der Waals surface area contributed by atoms with Crippen molar-refractivity contribution in [1.29, 1.82) is 5.41 Å². The fourth-order valence-corrected chi connectivity index (χ4v) is 2.05. The molecule has 0 saturated carbocycles. The average molecular weight is 211 g/mol. The second kappa shape index (κ2) is 5.50. The highest BCUT2D eigenvalue weighted by Crippen LogP contribution is 2.08. The Labute approximate surface area is 94.0 Å². The van der Waals surface area contributed by atoms with E-state index < -0.39 is 0 Å². The Morgan fingerprint density at radius 2 is 1.60 bits per heavy atom. The third kappa shape index (κ3) is 3.82. The minimum absolute atomic E-state index is 0.363. The van der Waals surface area contributed by atoms with Crippen molar-refractivity contribution in [3.63, 3.8) is 0 Å². The molecule has 1 heterocycles. The predicted molar refractivity (Wildman–Crippen MR) is 65.4 cm³/mol. The van der Waals surface area contributed by atoms with Crippen LogP contribution in [0.2, 0.25) is 0 Å². The van der Waals surface area contributed by atoms with E-state index in [4.69, 9.17) is 5.41 Å². The minimum Gasteiger partial charge on any atom is -0.358 e. The number of nitrogens with one attached hydrogen (secondary N) is 1. The molecule has 1 rings (SSSR count). The molecular weight excluding hydrogens is 186 g/mol. The molecule has 0 spiro atoms. The Morgan fingerprint density at radius 3 is 2.00 bits per heavy atom. The highest BCUT2D eigenvalue weighted by atomic mass is 15.3. The Hall–Kier alpha value is -0.570. The van der Waals surface area contributed by atoms with Crippen molar-refractivity contribution in [1.82, 2.24) is 9.80 Å². The van der Waals surface area contributed by atoms with Gasteiger partial charge < -0.3 is 4.90 Å². The Balaban J connectivity index is 2.32. The molecule has 0 aromatic heterocycles. The first-order valence-electron chi connectivity index (χ1n) is 6.06. The summed E-state index contributed by atoms with van der Waals surface area (Å²) in [5, 5.41) is 7.95. The summed E-state index contributed by atoms with van der Waals surface area (Å²) in [4.78, 5) is 4.73. The fourth-order valence-electron chi connectivity index (χ4n) is 2.05. The largest absolute Gasteiger partial charge is 0.358 e. The lowest BCUT2D eigenvalue weighted by atomic mass is 10.1. The summed E-state index contributed by atoms with van der Waals surface area (Å²) >= 11 is 0. The summed E-state index contributed by atoms with van der Waals surface area (Å²) in [5.41, 5.74) is 0. The summed E-state index contributed by atoms with van der Waals surface area (Å²) in [6.45, 7) is 14.2. The quantitative estimate of drug-likeness (QED) is 0.571.